The van der Waals surface area contributed by atoms with E-state index < -0.39 is 0 Å². The predicted octanol–water partition coefficient (Wildman–Crippen LogP) is 0.701. The zero-order chi connectivity index (χ0) is 15.1. The van der Waals surface area contributed by atoms with Gasteiger partial charge in [-0.3, -0.25) is 0 Å². The number of guanidine groups is 1. The molecule has 0 saturated carbocycles. The number of hydrogen-bond donors (Lipinski definition) is 1. The maximum absolute atomic E-state index is 5.08. The van der Waals surface area contributed by atoms with Gasteiger partial charge < -0.3 is 19.5 Å². The Morgan fingerprint density at radius 1 is 1.33 bits per heavy atom. The summed E-state index contributed by atoms with van der Waals surface area (Å²) in [5.74, 6) is 2.78. The highest BCUT2D eigenvalue weighted by atomic mass is 16.5. The monoisotopic (exact) mass is 294 g/mol. The molecule has 0 aliphatic carbocycles. The average Bonchev–Trinajstić information content (AvgIpc) is 3.11. The Balaban J connectivity index is 1.96. The SMILES string of the molecule is COCCCNC(=NCc1nnc(C)n1C)N1CCCC1. The molecule has 0 bridgehead atoms. The summed E-state index contributed by atoms with van der Waals surface area (Å²) < 4.78 is 7.06. The highest BCUT2D eigenvalue weighted by Gasteiger charge is 2.16. The minimum absolute atomic E-state index is 0.556. The van der Waals surface area contributed by atoms with Gasteiger partial charge in [0.2, 0.25) is 0 Å². The van der Waals surface area contributed by atoms with Crippen molar-refractivity contribution in [2.75, 3.05) is 33.4 Å². The minimum atomic E-state index is 0.556. The van der Waals surface area contributed by atoms with Crippen molar-refractivity contribution < 1.29 is 4.74 Å². The average molecular weight is 294 g/mol. The fourth-order valence-corrected chi connectivity index (χ4v) is 2.35. The second-order valence-corrected chi connectivity index (χ2v) is 5.33. The molecule has 1 aliphatic rings. The van der Waals surface area contributed by atoms with Crippen LogP contribution in [0.3, 0.4) is 0 Å². The maximum atomic E-state index is 5.08. The number of aromatic nitrogens is 3. The second-order valence-electron chi connectivity index (χ2n) is 5.33. The highest BCUT2D eigenvalue weighted by molar-refractivity contribution is 5.80. The third kappa shape index (κ3) is 4.42. The first-order valence-corrected chi connectivity index (χ1v) is 7.59. The van der Waals surface area contributed by atoms with E-state index in [4.69, 9.17) is 9.73 Å². The van der Waals surface area contributed by atoms with Gasteiger partial charge in [0, 0.05) is 40.4 Å². The molecule has 1 aromatic heterocycles. The first-order chi connectivity index (χ1) is 10.2. The molecule has 1 N–H and O–H groups in total. The molecule has 0 atom stereocenters. The zero-order valence-corrected chi connectivity index (χ0v) is 13.3. The lowest BCUT2D eigenvalue weighted by Crippen LogP contribution is -2.40. The Bertz CT molecular complexity index is 464. The van der Waals surface area contributed by atoms with Gasteiger partial charge >= 0.3 is 0 Å². The molecule has 118 valence electrons. The molecule has 2 heterocycles. The Hall–Kier alpha value is -1.63. The van der Waals surface area contributed by atoms with Gasteiger partial charge in [-0.15, -0.1) is 10.2 Å². The van der Waals surface area contributed by atoms with E-state index in [2.05, 4.69) is 20.4 Å². The summed E-state index contributed by atoms with van der Waals surface area (Å²) in [6, 6.07) is 0. The number of nitrogens with one attached hydrogen (secondary N) is 1. The zero-order valence-electron chi connectivity index (χ0n) is 13.3. The van der Waals surface area contributed by atoms with Gasteiger partial charge in [0.1, 0.15) is 12.4 Å². The number of rotatable bonds is 6. The third-order valence-corrected chi connectivity index (χ3v) is 3.77. The van der Waals surface area contributed by atoms with Crippen molar-refractivity contribution >= 4 is 5.96 Å². The van der Waals surface area contributed by atoms with E-state index in [1.807, 2.05) is 18.5 Å². The van der Waals surface area contributed by atoms with Crippen molar-refractivity contribution in [2.45, 2.75) is 32.7 Å². The first-order valence-electron chi connectivity index (χ1n) is 7.59. The molecule has 2 rings (SSSR count). The number of likely N-dealkylation sites (tertiary alicyclic amines) is 1. The van der Waals surface area contributed by atoms with E-state index in [0.29, 0.717) is 6.54 Å². The quantitative estimate of drug-likeness (QED) is 0.475. The van der Waals surface area contributed by atoms with E-state index in [1.54, 1.807) is 7.11 Å². The molecular formula is C14H26N6O. The fraction of sp³-hybridized carbons (Fsp3) is 0.786. The molecule has 1 fully saturated rings. The van der Waals surface area contributed by atoms with Gasteiger partial charge in [0.25, 0.3) is 0 Å². The highest BCUT2D eigenvalue weighted by Crippen LogP contribution is 2.08. The van der Waals surface area contributed by atoms with Gasteiger partial charge in [-0.1, -0.05) is 0 Å². The van der Waals surface area contributed by atoms with Crippen LogP contribution >= 0.6 is 0 Å². The topological polar surface area (TPSA) is 67.6 Å². The van der Waals surface area contributed by atoms with Crippen LogP contribution in [0.1, 0.15) is 30.9 Å². The first kappa shape index (κ1) is 15.8. The van der Waals surface area contributed by atoms with Crippen LogP contribution in [0.25, 0.3) is 0 Å². The van der Waals surface area contributed by atoms with Crippen molar-refractivity contribution in [1.82, 2.24) is 25.0 Å². The number of hydrogen-bond acceptors (Lipinski definition) is 4. The van der Waals surface area contributed by atoms with Crippen molar-refractivity contribution in [3.63, 3.8) is 0 Å². The molecule has 7 heteroatoms. The molecular weight excluding hydrogens is 268 g/mol. The summed E-state index contributed by atoms with van der Waals surface area (Å²) in [6.45, 7) is 6.30. The minimum Gasteiger partial charge on any atom is -0.385 e. The standard InChI is InChI=1S/C14H26N6O/c1-12-17-18-13(19(12)2)11-16-14(15-7-6-10-21-3)20-8-4-5-9-20/h4-11H2,1-3H3,(H,15,16). The lowest BCUT2D eigenvalue weighted by molar-refractivity contribution is 0.195. The van der Waals surface area contributed by atoms with Crippen molar-refractivity contribution in [2.24, 2.45) is 12.0 Å². The molecule has 7 nitrogen and oxygen atoms in total. The molecule has 0 radical (unpaired) electrons. The number of nitrogens with zero attached hydrogens (tertiary/aromatic N) is 5. The Morgan fingerprint density at radius 3 is 2.71 bits per heavy atom. The van der Waals surface area contributed by atoms with Crippen LogP contribution in [-0.4, -0.2) is 59.0 Å². The predicted molar refractivity (Wildman–Crippen MR) is 82.2 cm³/mol. The van der Waals surface area contributed by atoms with Gasteiger partial charge in [0.05, 0.1) is 0 Å². The van der Waals surface area contributed by atoms with Crippen molar-refractivity contribution in [3.05, 3.63) is 11.6 Å². The molecule has 1 saturated heterocycles. The van der Waals surface area contributed by atoms with Crippen LogP contribution in [0.15, 0.2) is 4.99 Å². The second kappa shape index (κ2) is 7.97. The van der Waals surface area contributed by atoms with E-state index in [0.717, 1.165) is 50.3 Å². The van der Waals surface area contributed by atoms with Gasteiger partial charge in [0.15, 0.2) is 11.8 Å². The molecule has 0 unspecified atom stereocenters. The largest absolute Gasteiger partial charge is 0.385 e. The molecule has 0 amide bonds. The number of aliphatic imine (C=N–C) groups is 1. The Labute approximate surface area is 126 Å². The maximum Gasteiger partial charge on any atom is 0.194 e. The van der Waals surface area contributed by atoms with Crippen LogP contribution in [0.4, 0.5) is 0 Å². The summed E-state index contributed by atoms with van der Waals surface area (Å²) in [5, 5.41) is 11.7. The smallest absolute Gasteiger partial charge is 0.194 e. The normalized spacial score (nSPS) is 15.8. The summed E-state index contributed by atoms with van der Waals surface area (Å²) >= 11 is 0. The third-order valence-electron chi connectivity index (χ3n) is 3.77. The van der Waals surface area contributed by atoms with Crippen LogP contribution in [-0.2, 0) is 18.3 Å². The van der Waals surface area contributed by atoms with Crippen LogP contribution in [0.5, 0.6) is 0 Å². The van der Waals surface area contributed by atoms with Crippen LogP contribution in [0, 0.1) is 6.92 Å². The van der Waals surface area contributed by atoms with Crippen molar-refractivity contribution in [3.8, 4) is 0 Å². The molecule has 21 heavy (non-hydrogen) atoms. The summed E-state index contributed by atoms with van der Waals surface area (Å²) in [7, 11) is 3.70. The fourth-order valence-electron chi connectivity index (χ4n) is 2.35. The molecule has 0 spiro atoms. The summed E-state index contributed by atoms with van der Waals surface area (Å²) in [6.07, 6.45) is 3.45. The summed E-state index contributed by atoms with van der Waals surface area (Å²) in [5.41, 5.74) is 0. The number of ether oxygens (including phenoxy) is 1. The Morgan fingerprint density at radius 2 is 2.10 bits per heavy atom. The number of aryl methyl sites for hydroxylation is 1. The Kier molecular flexibility index (Phi) is 5.98. The lowest BCUT2D eigenvalue weighted by atomic mass is 10.4. The van der Waals surface area contributed by atoms with Crippen molar-refractivity contribution in [1.29, 1.82) is 0 Å². The molecule has 1 aromatic rings. The van der Waals surface area contributed by atoms with Crippen LogP contribution < -0.4 is 5.32 Å². The summed E-state index contributed by atoms with van der Waals surface area (Å²) in [4.78, 5) is 7.03. The van der Waals surface area contributed by atoms with Crippen LogP contribution in [0.2, 0.25) is 0 Å². The van der Waals surface area contributed by atoms with Gasteiger partial charge in [-0.25, -0.2) is 4.99 Å². The number of methoxy groups -OCH3 is 1. The molecule has 0 aromatic carbocycles. The van der Waals surface area contributed by atoms with E-state index in [9.17, 15) is 0 Å². The van der Waals surface area contributed by atoms with Gasteiger partial charge in [-0.05, 0) is 26.2 Å². The van der Waals surface area contributed by atoms with E-state index in [1.165, 1.54) is 12.8 Å². The van der Waals surface area contributed by atoms with Gasteiger partial charge in [-0.2, -0.15) is 0 Å². The lowest BCUT2D eigenvalue weighted by Gasteiger charge is -2.21. The molecule has 1 aliphatic heterocycles. The van der Waals surface area contributed by atoms with E-state index >= 15 is 0 Å². The van der Waals surface area contributed by atoms with E-state index in [-0.39, 0.29) is 0 Å².